The van der Waals surface area contributed by atoms with Gasteiger partial charge in [-0.15, -0.1) is 0 Å². The molecule has 0 bridgehead atoms. The van der Waals surface area contributed by atoms with Crippen molar-refractivity contribution >= 4 is 11.8 Å². The van der Waals surface area contributed by atoms with Crippen molar-refractivity contribution in [2.45, 2.75) is 25.2 Å². The Balaban J connectivity index is 1.67. The molecule has 2 amide bonds. The number of likely N-dealkylation sites (tertiary alicyclic amines) is 1. The number of furan rings is 1. The largest absolute Gasteiger partial charge is 0.467 e. The van der Waals surface area contributed by atoms with Crippen molar-refractivity contribution in [2.75, 3.05) is 6.54 Å². The Morgan fingerprint density at radius 3 is 2.58 bits per heavy atom. The van der Waals surface area contributed by atoms with Crippen LogP contribution in [-0.2, 0) is 16.1 Å². The first-order valence-corrected chi connectivity index (χ1v) is 8.07. The van der Waals surface area contributed by atoms with Crippen molar-refractivity contribution < 1.29 is 27.2 Å². The monoisotopic (exact) mass is 366 g/mol. The third-order valence-corrected chi connectivity index (χ3v) is 4.26. The molecule has 138 valence electrons. The van der Waals surface area contributed by atoms with E-state index in [0.717, 1.165) is 0 Å². The number of nitrogens with zero attached hydrogens (tertiary/aromatic N) is 1. The molecule has 1 aromatic carbocycles. The molecule has 8 heteroatoms. The lowest BCUT2D eigenvalue weighted by atomic mass is 10.0. The van der Waals surface area contributed by atoms with Gasteiger partial charge in [0.2, 0.25) is 11.8 Å². The van der Waals surface area contributed by atoms with E-state index >= 15 is 0 Å². The topological polar surface area (TPSA) is 62.6 Å². The van der Waals surface area contributed by atoms with Crippen molar-refractivity contribution in [1.29, 1.82) is 0 Å². The van der Waals surface area contributed by atoms with Crippen LogP contribution in [0.1, 0.15) is 23.8 Å². The van der Waals surface area contributed by atoms with E-state index in [9.17, 15) is 22.8 Å². The van der Waals surface area contributed by atoms with Gasteiger partial charge in [-0.2, -0.15) is 13.2 Å². The Labute approximate surface area is 147 Å². The average molecular weight is 366 g/mol. The molecule has 1 fully saturated rings. The Morgan fingerprint density at radius 1 is 1.23 bits per heavy atom. The van der Waals surface area contributed by atoms with Gasteiger partial charge in [0.05, 0.1) is 18.7 Å². The predicted octanol–water partition coefficient (Wildman–Crippen LogP) is 3.05. The summed E-state index contributed by atoms with van der Waals surface area (Å²) in [5.41, 5.74) is -0.0508. The SMILES string of the molecule is O=C(NC(c1ccccc1)C(F)(F)F)C1CC(=O)N(Cc2ccco2)C1. The first-order valence-electron chi connectivity index (χ1n) is 8.07. The Kier molecular flexibility index (Phi) is 5.01. The molecular formula is C18H17F3N2O3. The van der Waals surface area contributed by atoms with Gasteiger partial charge in [-0.05, 0) is 17.7 Å². The number of nitrogens with one attached hydrogen (secondary N) is 1. The van der Waals surface area contributed by atoms with E-state index in [1.807, 2.05) is 5.32 Å². The van der Waals surface area contributed by atoms with Crippen molar-refractivity contribution in [1.82, 2.24) is 10.2 Å². The van der Waals surface area contributed by atoms with Gasteiger partial charge in [0.1, 0.15) is 5.76 Å². The fourth-order valence-corrected chi connectivity index (χ4v) is 2.95. The maximum atomic E-state index is 13.4. The number of halogens is 3. The molecule has 0 aliphatic carbocycles. The molecule has 1 N–H and O–H groups in total. The highest BCUT2D eigenvalue weighted by Crippen LogP contribution is 2.33. The fraction of sp³-hybridized carbons (Fsp3) is 0.333. The van der Waals surface area contributed by atoms with Crippen molar-refractivity contribution in [3.63, 3.8) is 0 Å². The van der Waals surface area contributed by atoms with Crippen LogP contribution in [0.4, 0.5) is 13.2 Å². The van der Waals surface area contributed by atoms with Crippen LogP contribution < -0.4 is 5.32 Å². The molecule has 0 radical (unpaired) electrons. The summed E-state index contributed by atoms with van der Waals surface area (Å²) >= 11 is 0. The lowest BCUT2D eigenvalue weighted by Crippen LogP contribution is -2.41. The summed E-state index contributed by atoms with van der Waals surface area (Å²) in [5.74, 6) is -1.35. The molecule has 2 heterocycles. The van der Waals surface area contributed by atoms with Gasteiger partial charge in [-0.3, -0.25) is 9.59 Å². The number of hydrogen-bond acceptors (Lipinski definition) is 3. The Bertz CT molecular complexity index is 760. The van der Waals surface area contributed by atoms with Gasteiger partial charge in [0.25, 0.3) is 0 Å². The van der Waals surface area contributed by atoms with E-state index in [1.165, 1.54) is 35.4 Å². The minimum atomic E-state index is -4.63. The lowest BCUT2D eigenvalue weighted by molar-refractivity contribution is -0.164. The van der Waals surface area contributed by atoms with Gasteiger partial charge in [0, 0.05) is 13.0 Å². The van der Waals surface area contributed by atoms with Crippen LogP contribution >= 0.6 is 0 Å². The van der Waals surface area contributed by atoms with Crippen LogP contribution in [0.2, 0.25) is 0 Å². The van der Waals surface area contributed by atoms with Crippen LogP contribution in [0, 0.1) is 5.92 Å². The van der Waals surface area contributed by atoms with E-state index < -0.39 is 24.0 Å². The Morgan fingerprint density at radius 2 is 1.96 bits per heavy atom. The molecule has 3 rings (SSSR count). The number of carbonyl (C=O) groups is 2. The first kappa shape index (κ1) is 18.0. The lowest BCUT2D eigenvalue weighted by Gasteiger charge is -2.23. The molecular weight excluding hydrogens is 349 g/mol. The van der Waals surface area contributed by atoms with Crippen molar-refractivity contribution in [3.8, 4) is 0 Å². The summed E-state index contributed by atoms with van der Waals surface area (Å²) in [5, 5.41) is 2.05. The van der Waals surface area contributed by atoms with Crippen LogP contribution in [0.5, 0.6) is 0 Å². The van der Waals surface area contributed by atoms with Crippen molar-refractivity contribution in [2.24, 2.45) is 5.92 Å². The van der Waals surface area contributed by atoms with Gasteiger partial charge in [-0.1, -0.05) is 30.3 Å². The third-order valence-electron chi connectivity index (χ3n) is 4.26. The standard InChI is InChI=1S/C18H17F3N2O3/c19-18(20,21)16(12-5-2-1-3-6-12)22-17(25)13-9-15(24)23(10-13)11-14-7-4-8-26-14/h1-8,13,16H,9-11H2,(H,22,25). The quantitative estimate of drug-likeness (QED) is 0.885. The molecule has 2 aromatic rings. The molecule has 5 nitrogen and oxygen atoms in total. The van der Waals surface area contributed by atoms with Crippen LogP contribution in [-0.4, -0.2) is 29.4 Å². The van der Waals surface area contributed by atoms with Crippen LogP contribution in [0.25, 0.3) is 0 Å². The zero-order valence-electron chi connectivity index (χ0n) is 13.7. The normalized spacial score (nSPS) is 18.8. The smallest absolute Gasteiger partial charge is 0.412 e. The average Bonchev–Trinajstić information content (AvgIpc) is 3.23. The molecule has 0 spiro atoms. The number of amides is 2. The van der Waals surface area contributed by atoms with Gasteiger partial charge in [0.15, 0.2) is 6.04 Å². The molecule has 2 unspecified atom stereocenters. The maximum Gasteiger partial charge on any atom is 0.412 e. The number of rotatable bonds is 5. The Hall–Kier alpha value is -2.77. The van der Waals surface area contributed by atoms with Gasteiger partial charge in [-0.25, -0.2) is 0 Å². The zero-order valence-corrected chi connectivity index (χ0v) is 13.7. The van der Waals surface area contributed by atoms with Gasteiger partial charge < -0.3 is 14.6 Å². The van der Waals surface area contributed by atoms with E-state index in [1.54, 1.807) is 18.2 Å². The van der Waals surface area contributed by atoms with E-state index in [2.05, 4.69) is 0 Å². The summed E-state index contributed by atoms with van der Waals surface area (Å²) in [6.45, 7) is 0.252. The number of alkyl halides is 3. The molecule has 2 atom stereocenters. The number of carbonyl (C=O) groups excluding carboxylic acids is 2. The number of benzene rings is 1. The molecule has 1 aromatic heterocycles. The summed E-state index contributed by atoms with van der Waals surface area (Å²) in [4.78, 5) is 25.8. The summed E-state index contributed by atoms with van der Waals surface area (Å²) in [6, 6.07) is 8.42. The molecule has 1 aliphatic heterocycles. The summed E-state index contributed by atoms with van der Waals surface area (Å²) in [7, 11) is 0. The molecule has 1 aliphatic rings. The number of hydrogen-bond donors (Lipinski definition) is 1. The molecule has 0 saturated carbocycles. The van der Waals surface area contributed by atoms with E-state index in [-0.39, 0.29) is 31.0 Å². The second kappa shape index (κ2) is 7.23. The highest BCUT2D eigenvalue weighted by molar-refractivity contribution is 5.89. The molecule has 26 heavy (non-hydrogen) atoms. The highest BCUT2D eigenvalue weighted by atomic mass is 19.4. The maximum absolute atomic E-state index is 13.4. The van der Waals surface area contributed by atoms with Gasteiger partial charge >= 0.3 is 6.18 Å². The van der Waals surface area contributed by atoms with E-state index in [0.29, 0.717) is 5.76 Å². The second-order valence-electron chi connectivity index (χ2n) is 6.15. The minimum Gasteiger partial charge on any atom is -0.467 e. The van der Waals surface area contributed by atoms with Crippen molar-refractivity contribution in [3.05, 3.63) is 60.1 Å². The third kappa shape index (κ3) is 4.07. The zero-order chi connectivity index (χ0) is 18.7. The summed E-state index contributed by atoms with van der Waals surface area (Å²) in [6.07, 6.45) is -3.28. The first-order chi connectivity index (χ1) is 12.3. The van der Waals surface area contributed by atoms with Crippen LogP contribution in [0.15, 0.2) is 53.1 Å². The molecule has 1 saturated heterocycles. The highest BCUT2D eigenvalue weighted by Gasteiger charge is 2.44. The second-order valence-corrected chi connectivity index (χ2v) is 6.15. The predicted molar refractivity (Wildman–Crippen MR) is 85.6 cm³/mol. The van der Waals surface area contributed by atoms with E-state index in [4.69, 9.17) is 4.42 Å². The van der Waals surface area contributed by atoms with Crippen LogP contribution in [0.3, 0.4) is 0 Å². The summed E-state index contributed by atoms with van der Waals surface area (Å²) < 4.78 is 45.2. The minimum absolute atomic E-state index is 0.0508. The fourth-order valence-electron chi connectivity index (χ4n) is 2.95.